The molecule has 0 fully saturated rings. The first kappa shape index (κ1) is 18.0. The lowest BCUT2D eigenvalue weighted by atomic mass is 9.88. The number of allylic oxidation sites excluding steroid dienone is 1. The number of furan rings is 1. The fourth-order valence-electron chi connectivity index (χ4n) is 3.86. The minimum Gasteiger partial charge on any atom is -0.481 e. The van der Waals surface area contributed by atoms with E-state index in [1.54, 1.807) is 18.2 Å². The Morgan fingerprint density at radius 3 is 2.71 bits per heavy atom. The Kier molecular flexibility index (Phi) is 4.73. The van der Waals surface area contributed by atoms with E-state index in [-0.39, 0.29) is 24.5 Å². The van der Waals surface area contributed by atoms with Gasteiger partial charge < -0.3 is 14.8 Å². The number of carbonyl (C=O) groups is 3. The number of hydrogen-bond donors (Lipinski definition) is 2. The van der Waals surface area contributed by atoms with Gasteiger partial charge in [0.2, 0.25) is 5.91 Å². The van der Waals surface area contributed by atoms with E-state index >= 15 is 0 Å². The number of rotatable bonds is 4. The molecule has 2 aliphatic rings. The quantitative estimate of drug-likeness (QED) is 0.840. The molecule has 0 radical (unpaired) electrons. The molecule has 28 heavy (non-hydrogen) atoms. The number of ketones is 1. The topological polar surface area (TPSA) is 99.9 Å². The van der Waals surface area contributed by atoms with Gasteiger partial charge in [0.25, 0.3) is 0 Å². The Bertz CT molecular complexity index is 961. The van der Waals surface area contributed by atoms with Crippen LogP contribution >= 0.6 is 0 Å². The molecule has 1 aromatic carbocycles. The highest BCUT2D eigenvalue weighted by Gasteiger charge is 2.40. The normalized spacial score (nSPS) is 18.8. The highest BCUT2D eigenvalue weighted by molar-refractivity contribution is 6.06. The molecule has 7 nitrogen and oxygen atoms in total. The van der Waals surface area contributed by atoms with E-state index in [0.717, 1.165) is 12.1 Å². The zero-order chi connectivity index (χ0) is 19.7. The van der Waals surface area contributed by atoms with Crippen molar-refractivity contribution in [2.45, 2.75) is 38.1 Å². The highest BCUT2D eigenvalue weighted by atomic mass is 16.4. The highest BCUT2D eigenvalue weighted by Crippen LogP contribution is 2.45. The van der Waals surface area contributed by atoms with Gasteiger partial charge in [-0.25, -0.2) is 0 Å². The fourth-order valence-corrected chi connectivity index (χ4v) is 3.86. The van der Waals surface area contributed by atoms with Crippen LogP contribution in [0.5, 0.6) is 0 Å². The van der Waals surface area contributed by atoms with Crippen molar-refractivity contribution in [2.24, 2.45) is 0 Å². The summed E-state index contributed by atoms with van der Waals surface area (Å²) in [5.41, 5.74) is 2.61. The SMILES string of the molecule is O=C(O)CCC(=O)N1c2ccccc2NC2=C(C(=O)CCC2)C1c1ccco1. The van der Waals surface area contributed by atoms with Gasteiger partial charge in [-0.15, -0.1) is 0 Å². The number of nitrogens with zero attached hydrogens (tertiary/aromatic N) is 1. The first-order valence-corrected chi connectivity index (χ1v) is 9.26. The minimum atomic E-state index is -1.04. The first-order valence-electron chi connectivity index (χ1n) is 9.26. The number of benzene rings is 1. The molecule has 1 aromatic heterocycles. The van der Waals surface area contributed by atoms with Crippen LogP contribution < -0.4 is 10.2 Å². The van der Waals surface area contributed by atoms with Crippen molar-refractivity contribution < 1.29 is 23.9 Å². The fraction of sp³-hybridized carbons (Fsp3) is 0.286. The smallest absolute Gasteiger partial charge is 0.303 e. The molecule has 1 amide bonds. The van der Waals surface area contributed by atoms with E-state index in [4.69, 9.17) is 9.52 Å². The monoisotopic (exact) mass is 380 g/mol. The lowest BCUT2D eigenvalue weighted by molar-refractivity contribution is -0.138. The molecule has 2 heterocycles. The number of amides is 1. The van der Waals surface area contributed by atoms with Gasteiger partial charge in [0.1, 0.15) is 11.8 Å². The van der Waals surface area contributed by atoms with E-state index in [1.165, 1.54) is 11.2 Å². The van der Waals surface area contributed by atoms with Gasteiger partial charge >= 0.3 is 5.97 Å². The van der Waals surface area contributed by atoms with Crippen molar-refractivity contribution in [1.29, 1.82) is 0 Å². The molecule has 7 heteroatoms. The van der Waals surface area contributed by atoms with Crippen LogP contribution in [0.2, 0.25) is 0 Å². The summed E-state index contributed by atoms with van der Waals surface area (Å²) in [7, 11) is 0. The molecular weight excluding hydrogens is 360 g/mol. The summed E-state index contributed by atoms with van der Waals surface area (Å²) < 4.78 is 5.62. The molecule has 2 aromatic rings. The Morgan fingerprint density at radius 1 is 1.14 bits per heavy atom. The van der Waals surface area contributed by atoms with Crippen LogP contribution in [0.25, 0.3) is 0 Å². The lowest BCUT2D eigenvalue weighted by Crippen LogP contribution is -2.38. The third-order valence-corrected chi connectivity index (χ3v) is 5.07. The van der Waals surface area contributed by atoms with E-state index in [1.807, 2.05) is 18.2 Å². The van der Waals surface area contributed by atoms with Crippen LogP contribution in [0, 0.1) is 0 Å². The standard InChI is InChI=1S/C21H20N2O5/c24-16-8-3-6-14-20(16)21(17-9-4-12-28-17)23(18(25)10-11-19(26)27)15-7-2-1-5-13(15)22-14/h1-2,4-5,7,9,12,21-22H,3,6,8,10-11H2,(H,26,27). The zero-order valence-corrected chi connectivity index (χ0v) is 15.2. The Balaban J connectivity index is 1.90. The van der Waals surface area contributed by atoms with Gasteiger partial charge in [-0.05, 0) is 37.1 Å². The van der Waals surface area contributed by atoms with Crippen molar-refractivity contribution in [3.05, 3.63) is 59.7 Å². The summed E-state index contributed by atoms with van der Waals surface area (Å²) in [5, 5.41) is 12.4. The van der Waals surface area contributed by atoms with Gasteiger partial charge in [0.05, 0.1) is 24.1 Å². The van der Waals surface area contributed by atoms with Crippen LogP contribution in [-0.4, -0.2) is 22.8 Å². The maximum Gasteiger partial charge on any atom is 0.303 e. The number of para-hydroxylation sites is 2. The Hall–Kier alpha value is -3.35. The van der Waals surface area contributed by atoms with Crippen LogP contribution in [-0.2, 0) is 14.4 Å². The summed E-state index contributed by atoms with van der Waals surface area (Å²) in [6.07, 6.45) is 2.90. The number of carboxylic acids is 1. The van der Waals surface area contributed by atoms with Gasteiger partial charge in [-0.3, -0.25) is 19.3 Å². The largest absolute Gasteiger partial charge is 0.481 e. The molecular formula is C21H20N2O5. The van der Waals surface area contributed by atoms with Crippen LogP contribution in [0.1, 0.15) is 43.9 Å². The van der Waals surface area contributed by atoms with Gasteiger partial charge in [-0.1, -0.05) is 12.1 Å². The summed E-state index contributed by atoms with van der Waals surface area (Å²) in [6, 6.07) is 10.0. The number of hydrogen-bond acceptors (Lipinski definition) is 5. The van der Waals surface area contributed by atoms with E-state index in [2.05, 4.69) is 5.32 Å². The molecule has 1 unspecified atom stereocenters. The predicted molar refractivity (Wildman–Crippen MR) is 102 cm³/mol. The molecule has 1 aliphatic heterocycles. The molecule has 2 N–H and O–H groups in total. The number of fused-ring (bicyclic) bond motifs is 1. The van der Waals surface area contributed by atoms with Crippen molar-refractivity contribution in [3.63, 3.8) is 0 Å². The number of carbonyl (C=O) groups excluding carboxylic acids is 2. The maximum atomic E-state index is 13.2. The molecule has 1 atom stereocenters. The second-order valence-electron chi connectivity index (χ2n) is 6.89. The summed E-state index contributed by atoms with van der Waals surface area (Å²) in [4.78, 5) is 38.6. The van der Waals surface area contributed by atoms with Crippen molar-refractivity contribution in [2.75, 3.05) is 10.2 Å². The number of anilines is 2. The molecule has 0 saturated heterocycles. The first-order chi connectivity index (χ1) is 13.6. The van der Waals surface area contributed by atoms with E-state index < -0.39 is 12.0 Å². The number of Topliss-reactive ketones (excluding diaryl/α,β-unsaturated/α-hetero) is 1. The lowest BCUT2D eigenvalue weighted by Gasteiger charge is -2.32. The maximum absolute atomic E-state index is 13.2. The van der Waals surface area contributed by atoms with Crippen molar-refractivity contribution in [3.8, 4) is 0 Å². The van der Waals surface area contributed by atoms with Crippen molar-refractivity contribution in [1.82, 2.24) is 0 Å². The average molecular weight is 380 g/mol. The van der Waals surface area contributed by atoms with E-state index in [0.29, 0.717) is 35.5 Å². The van der Waals surface area contributed by atoms with Gasteiger partial charge in [-0.2, -0.15) is 0 Å². The molecule has 0 spiro atoms. The molecule has 1 aliphatic carbocycles. The summed E-state index contributed by atoms with van der Waals surface area (Å²) in [5.74, 6) is -0.966. The summed E-state index contributed by atoms with van der Waals surface area (Å²) >= 11 is 0. The third kappa shape index (κ3) is 3.19. The Labute approximate surface area is 161 Å². The predicted octanol–water partition coefficient (Wildman–Crippen LogP) is 3.65. The average Bonchev–Trinajstić information content (AvgIpc) is 3.15. The van der Waals surface area contributed by atoms with Crippen LogP contribution in [0.4, 0.5) is 11.4 Å². The molecule has 0 saturated carbocycles. The minimum absolute atomic E-state index is 0.0287. The second kappa shape index (κ2) is 7.34. The Morgan fingerprint density at radius 2 is 1.96 bits per heavy atom. The van der Waals surface area contributed by atoms with Gasteiger partial charge in [0.15, 0.2) is 5.78 Å². The number of carboxylic acid groups (broad SMARTS) is 1. The summed E-state index contributed by atoms with van der Waals surface area (Å²) in [6.45, 7) is 0. The third-order valence-electron chi connectivity index (χ3n) is 5.07. The molecule has 144 valence electrons. The molecule has 4 rings (SSSR count). The van der Waals surface area contributed by atoms with Crippen LogP contribution in [0.15, 0.2) is 58.3 Å². The number of nitrogens with one attached hydrogen (secondary N) is 1. The molecule has 0 bridgehead atoms. The second-order valence-corrected chi connectivity index (χ2v) is 6.89. The van der Waals surface area contributed by atoms with E-state index in [9.17, 15) is 14.4 Å². The van der Waals surface area contributed by atoms with Gasteiger partial charge in [0, 0.05) is 24.1 Å². The van der Waals surface area contributed by atoms with Crippen LogP contribution in [0.3, 0.4) is 0 Å². The zero-order valence-electron chi connectivity index (χ0n) is 15.2. The van der Waals surface area contributed by atoms with Crippen molar-refractivity contribution >= 4 is 29.0 Å². The number of aliphatic carboxylic acids is 1.